The van der Waals surface area contributed by atoms with Crippen LogP contribution in [0.3, 0.4) is 0 Å². The number of nitrogens with zero attached hydrogens (tertiary/aromatic N) is 1. The maximum Gasteiger partial charge on any atom is 0.260 e. The van der Waals surface area contributed by atoms with Crippen molar-refractivity contribution in [2.45, 2.75) is 13.0 Å². The van der Waals surface area contributed by atoms with E-state index in [0.717, 1.165) is 0 Å². The third-order valence-electron chi connectivity index (χ3n) is 3.21. The Kier molecular flexibility index (Phi) is 4.17. The predicted octanol–water partition coefficient (Wildman–Crippen LogP) is 0.293. The zero-order valence-corrected chi connectivity index (χ0v) is 12.1. The monoisotopic (exact) mass is 298 g/mol. The molecule has 1 amide bonds. The van der Waals surface area contributed by atoms with Gasteiger partial charge < -0.3 is 15.4 Å². The molecular weight excluding hydrogens is 280 g/mol. The highest BCUT2D eigenvalue weighted by molar-refractivity contribution is 7.91. The van der Waals surface area contributed by atoms with Crippen LogP contribution in [0.1, 0.15) is 6.92 Å². The molecule has 0 aromatic heterocycles. The molecule has 20 heavy (non-hydrogen) atoms. The van der Waals surface area contributed by atoms with Crippen LogP contribution in [-0.2, 0) is 14.6 Å². The van der Waals surface area contributed by atoms with Gasteiger partial charge in [-0.15, -0.1) is 0 Å². The Morgan fingerprint density at radius 3 is 2.90 bits per heavy atom. The number of nitrogens with two attached hydrogens (primary N) is 1. The van der Waals surface area contributed by atoms with Crippen molar-refractivity contribution in [3.8, 4) is 5.75 Å². The van der Waals surface area contributed by atoms with Crippen molar-refractivity contribution in [2.75, 3.05) is 30.4 Å². The van der Waals surface area contributed by atoms with Crippen LogP contribution < -0.4 is 10.5 Å². The minimum absolute atomic E-state index is 0.0109. The number of hydrogen-bond donors (Lipinski definition) is 1. The molecule has 110 valence electrons. The molecule has 1 aliphatic rings. The molecule has 1 atom stereocenters. The molecule has 0 spiro atoms. The first-order chi connectivity index (χ1) is 9.37. The zero-order chi connectivity index (χ0) is 14.8. The van der Waals surface area contributed by atoms with E-state index in [1.54, 1.807) is 36.1 Å². The molecule has 0 bridgehead atoms. The van der Waals surface area contributed by atoms with Crippen molar-refractivity contribution in [3.63, 3.8) is 0 Å². The lowest BCUT2D eigenvalue weighted by atomic mass is 10.3. The Hall–Kier alpha value is -1.76. The summed E-state index contributed by atoms with van der Waals surface area (Å²) >= 11 is 0. The van der Waals surface area contributed by atoms with E-state index in [4.69, 9.17) is 10.5 Å². The van der Waals surface area contributed by atoms with Gasteiger partial charge in [0.05, 0.1) is 11.5 Å². The largest absolute Gasteiger partial charge is 0.484 e. The fraction of sp³-hybridized carbons (Fsp3) is 0.462. The lowest BCUT2D eigenvalue weighted by Crippen LogP contribution is -2.51. The third-order valence-corrected chi connectivity index (χ3v) is 5.01. The molecule has 1 saturated heterocycles. The number of benzene rings is 1. The van der Waals surface area contributed by atoms with Crippen molar-refractivity contribution in [1.29, 1.82) is 0 Å². The van der Waals surface area contributed by atoms with Crippen molar-refractivity contribution in [2.24, 2.45) is 0 Å². The summed E-state index contributed by atoms with van der Waals surface area (Å²) in [5.74, 6) is 0.337. The highest BCUT2D eigenvalue weighted by Crippen LogP contribution is 2.16. The smallest absolute Gasteiger partial charge is 0.260 e. The minimum Gasteiger partial charge on any atom is -0.484 e. The Morgan fingerprint density at radius 1 is 1.50 bits per heavy atom. The van der Waals surface area contributed by atoms with E-state index in [2.05, 4.69) is 0 Å². The predicted molar refractivity (Wildman–Crippen MR) is 76.2 cm³/mol. The SMILES string of the molecule is CC1CS(=O)(=O)CCN1C(=O)COc1cccc(N)c1. The molecule has 0 radical (unpaired) electrons. The van der Waals surface area contributed by atoms with Crippen molar-refractivity contribution in [1.82, 2.24) is 4.90 Å². The van der Waals surface area contributed by atoms with Crippen LogP contribution in [0.25, 0.3) is 0 Å². The summed E-state index contributed by atoms with van der Waals surface area (Å²) in [7, 11) is -3.02. The molecule has 6 nitrogen and oxygen atoms in total. The van der Waals surface area contributed by atoms with E-state index in [1.165, 1.54) is 0 Å². The molecule has 7 heteroatoms. The summed E-state index contributed by atoms with van der Waals surface area (Å²) in [4.78, 5) is 13.6. The van der Waals surface area contributed by atoms with Gasteiger partial charge in [0, 0.05) is 24.3 Å². The molecule has 2 rings (SSSR count). The number of amides is 1. The van der Waals surface area contributed by atoms with E-state index in [0.29, 0.717) is 11.4 Å². The molecular formula is C13H18N2O4S. The van der Waals surface area contributed by atoms with Crippen LogP contribution >= 0.6 is 0 Å². The summed E-state index contributed by atoms with van der Waals surface area (Å²) in [5, 5.41) is 0. The van der Waals surface area contributed by atoms with E-state index in [1.807, 2.05) is 0 Å². The third kappa shape index (κ3) is 3.63. The van der Waals surface area contributed by atoms with Crippen LogP contribution in [0.2, 0.25) is 0 Å². The fourth-order valence-electron chi connectivity index (χ4n) is 2.20. The highest BCUT2D eigenvalue weighted by Gasteiger charge is 2.31. The van der Waals surface area contributed by atoms with Crippen LogP contribution in [0.4, 0.5) is 5.69 Å². The van der Waals surface area contributed by atoms with Crippen molar-refractivity contribution >= 4 is 21.4 Å². The molecule has 0 saturated carbocycles. The second-order valence-electron chi connectivity index (χ2n) is 4.91. The average Bonchev–Trinajstić information content (AvgIpc) is 2.35. The van der Waals surface area contributed by atoms with Gasteiger partial charge >= 0.3 is 0 Å². The lowest BCUT2D eigenvalue weighted by molar-refractivity contribution is -0.134. The average molecular weight is 298 g/mol. The Balaban J connectivity index is 1.92. The Bertz CT molecular complexity index is 600. The van der Waals surface area contributed by atoms with Gasteiger partial charge in [-0.2, -0.15) is 0 Å². The van der Waals surface area contributed by atoms with Crippen molar-refractivity contribution in [3.05, 3.63) is 24.3 Å². The number of carbonyl (C=O) groups excluding carboxylic acids is 1. The van der Waals surface area contributed by atoms with E-state index >= 15 is 0 Å². The molecule has 1 heterocycles. The maximum atomic E-state index is 12.1. The quantitative estimate of drug-likeness (QED) is 0.810. The molecule has 1 aromatic carbocycles. The van der Waals surface area contributed by atoms with Crippen LogP contribution in [0.15, 0.2) is 24.3 Å². The molecule has 0 aliphatic carbocycles. The van der Waals surface area contributed by atoms with Gasteiger partial charge in [0.25, 0.3) is 5.91 Å². The fourth-order valence-corrected chi connectivity index (χ4v) is 3.76. The van der Waals surface area contributed by atoms with Crippen LogP contribution in [0, 0.1) is 0 Å². The number of carbonyl (C=O) groups is 1. The molecule has 1 aliphatic heterocycles. The number of sulfone groups is 1. The van der Waals surface area contributed by atoms with Crippen LogP contribution in [-0.4, -0.2) is 49.9 Å². The number of nitrogen functional groups attached to an aromatic ring is 1. The van der Waals surface area contributed by atoms with Crippen molar-refractivity contribution < 1.29 is 17.9 Å². The van der Waals surface area contributed by atoms with Gasteiger partial charge in [0.15, 0.2) is 16.4 Å². The summed E-state index contributed by atoms with van der Waals surface area (Å²) in [6, 6.07) is 6.51. The zero-order valence-electron chi connectivity index (χ0n) is 11.3. The Morgan fingerprint density at radius 2 is 2.25 bits per heavy atom. The summed E-state index contributed by atoms with van der Waals surface area (Å²) in [6.07, 6.45) is 0. The summed E-state index contributed by atoms with van der Waals surface area (Å²) in [5.41, 5.74) is 6.18. The molecule has 2 N–H and O–H groups in total. The van der Waals surface area contributed by atoms with Gasteiger partial charge in [-0.3, -0.25) is 4.79 Å². The minimum atomic E-state index is -3.02. The first-order valence-corrected chi connectivity index (χ1v) is 8.18. The highest BCUT2D eigenvalue weighted by atomic mass is 32.2. The summed E-state index contributed by atoms with van der Waals surface area (Å²) < 4.78 is 28.3. The van der Waals surface area contributed by atoms with E-state index < -0.39 is 9.84 Å². The molecule has 1 unspecified atom stereocenters. The molecule has 1 aromatic rings. The number of anilines is 1. The number of hydrogen-bond acceptors (Lipinski definition) is 5. The second kappa shape index (κ2) is 5.70. The summed E-state index contributed by atoms with van der Waals surface area (Å²) in [6.45, 7) is 1.84. The van der Waals surface area contributed by atoms with Gasteiger partial charge in [0.1, 0.15) is 5.75 Å². The first kappa shape index (κ1) is 14.6. The lowest BCUT2D eigenvalue weighted by Gasteiger charge is -2.33. The maximum absolute atomic E-state index is 12.1. The molecule has 1 fully saturated rings. The normalized spacial score (nSPS) is 21.4. The second-order valence-corrected chi connectivity index (χ2v) is 7.14. The standard InChI is InChI=1S/C13H18N2O4S/c1-10-9-20(17,18)6-5-15(10)13(16)8-19-12-4-2-3-11(14)7-12/h2-4,7,10H,5-6,8-9,14H2,1H3. The van der Waals surface area contributed by atoms with Crippen LogP contribution in [0.5, 0.6) is 5.75 Å². The van der Waals surface area contributed by atoms with Gasteiger partial charge in [-0.05, 0) is 19.1 Å². The van der Waals surface area contributed by atoms with Gasteiger partial charge in [-0.25, -0.2) is 8.42 Å². The number of ether oxygens (including phenoxy) is 1. The topological polar surface area (TPSA) is 89.7 Å². The number of rotatable bonds is 3. The van der Waals surface area contributed by atoms with Gasteiger partial charge in [0.2, 0.25) is 0 Å². The van der Waals surface area contributed by atoms with E-state index in [-0.39, 0.29) is 36.6 Å². The Labute approximate surface area is 118 Å². The van der Waals surface area contributed by atoms with Gasteiger partial charge in [-0.1, -0.05) is 6.07 Å². The first-order valence-electron chi connectivity index (χ1n) is 6.35. The van der Waals surface area contributed by atoms with E-state index in [9.17, 15) is 13.2 Å².